The second-order valence-corrected chi connectivity index (χ2v) is 4.97. The fraction of sp³-hybridized carbons (Fsp3) is 0.400. The molecule has 0 aliphatic carbocycles. The summed E-state index contributed by atoms with van der Waals surface area (Å²) in [5.74, 6) is 0.103. The molecule has 2 unspecified atom stereocenters. The van der Waals surface area contributed by atoms with Gasteiger partial charge in [0.15, 0.2) is 0 Å². The van der Waals surface area contributed by atoms with Crippen LogP contribution in [0.15, 0.2) is 29.2 Å². The highest BCUT2D eigenvalue weighted by molar-refractivity contribution is 7.85. The van der Waals surface area contributed by atoms with Crippen LogP contribution in [0.25, 0.3) is 0 Å². The molecule has 0 heterocycles. The molecule has 1 aromatic carbocycles. The molecular formula is C10H14N2O4S. The highest BCUT2D eigenvalue weighted by atomic mass is 32.2. The third-order valence-corrected chi connectivity index (χ3v) is 3.74. The van der Waals surface area contributed by atoms with E-state index in [4.69, 9.17) is 10.8 Å². The Morgan fingerprint density at radius 1 is 1.47 bits per heavy atom. The van der Waals surface area contributed by atoms with Crippen LogP contribution in [-0.2, 0) is 10.8 Å². The van der Waals surface area contributed by atoms with Crippen LogP contribution >= 0.6 is 0 Å². The molecule has 3 N–H and O–H groups in total. The molecule has 0 amide bonds. The number of nitrogens with zero attached hydrogens (tertiary/aromatic N) is 1. The number of benzene rings is 1. The third-order valence-electron chi connectivity index (χ3n) is 2.17. The van der Waals surface area contributed by atoms with E-state index in [0.29, 0.717) is 6.42 Å². The van der Waals surface area contributed by atoms with Crippen molar-refractivity contribution in [3.63, 3.8) is 0 Å². The van der Waals surface area contributed by atoms with Crippen molar-refractivity contribution < 1.29 is 14.2 Å². The van der Waals surface area contributed by atoms with Crippen LogP contribution in [-0.4, -0.2) is 32.6 Å². The van der Waals surface area contributed by atoms with Gasteiger partial charge < -0.3 is 10.8 Å². The zero-order valence-corrected chi connectivity index (χ0v) is 9.93. The molecule has 1 aromatic rings. The van der Waals surface area contributed by atoms with E-state index in [1.807, 2.05) is 0 Å². The lowest BCUT2D eigenvalue weighted by Crippen LogP contribution is -2.28. The molecule has 0 radical (unpaired) electrons. The average Bonchev–Trinajstić information content (AvgIpc) is 2.29. The Balaban J connectivity index is 2.85. The summed E-state index contributed by atoms with van der Waals surface area (Å²) < 4.78 is 11.9. The molecule has 94 valence electrons. The van der Waals surface area contributed by atoms with Gasteiger partial charge in [0.1, 0.15) is 4.90 Å². The summed E-state index contributed by atoms with van der Waals surface area (Å²) in [6.45, 7) is -0.0880. The summed E-state index contributed by atoms with van der Waals surface area (Å²) in [6.07, 6.45) is 0.326. The molecule has 0 bridgehead atoms. The van der Waals surface area contributed by atoms with Gasteiger partial charge in [-0.05, 0) is 12.5 Å². The largest absolute Gasteiger partial charge is 0.396 e. The Morgan fingerprint density at radius 2 is 2.12 bits per heavy atom. The number of hydrogen-bond acceptors (Lipinski definition) is 5. The van der Waals surface area contributed by atoms with Crippen molar-refractivity contribution in [2.24, 2.45) is 5.73 Å². The van der Waals surface area contributed by atoms with Crippen molar-refractivity contribution >= 4 is 16.5 Å². The smallest absolute Gasteiger partial charge is 0.285 e. The van der Waals surface area contributed by atoms with Gasteiger partial charge in [-0.2, -0.15) is 0 Å². The van der Waals surface area contributed by atoms with E-state index in [1.165, 1.54) is 18.2 Å². The van der Waals surface area contributed by atoms with Gasteiger partial charge in [0.25, 0.3) is 5.69 Å². The van der Waals surface area contributed by atoms with Gasteiger partial charge in [0, 0.05) is 24.5 Å². The molecular weight excluding hydrogens is 244 g/mol. The first kappa shape index (κ1) is 13.8. The lowest BCUT2D eigenvalue weighted by atomic mass is 10.3. The molecule has 0 aliphatic rings. The average molecular weight is 258 g/mol. The number of hydrogen-bond donors (Lipinski definition) is 2. The maximum atomic E-state index is 11.9. The molecule has 0 aromatic heterocycles. The highest BCUT2D eigenvalue weighted by Crippen LogP contribution is 2.21. The van der Waals surface area contributed by atoms with E-state index < -0.39 is 21.8 Å². The van der Waals surface area contributed by atoms with E-state index in [-0.39, 0.29) is 22.9 Å². The second kappa shape index (κ2) is 6.43. The molecule has 0 fully saturated rings. The number of nitrogens with two attached hydrogens (primary N) is 1. The number of aliphatic hydroxyl groups is 1. The van der Waals surface area contributed by atoms with Crippen molar-refractivity contribution in [3.8, 4) is 0 Å². The van der Waals surface area contributed by atoms with Gasteiger partial charge >= 0.3 is 0 Å². The molecule has 1 rings (SSSR count). The SMILES string of the molecule is NC(CCO)CS(=O)c1ccccc1[N+](=O)[O-]. The van der Waals surface area contributed by atoms with Crippen LogP contribution in [0.3, 0.4) is 0 Å². The van der Waals surface area contributed by atoms with Crippen LogP contribution in [0, 0.1) is 10.1 Å². The van der Waals surface area contributed by atoms with Crippen LogP contribution < -0.4 is 5.73 Å². The molecule has 2 atom stereocenters. The lowest BCUT2D eigenvalue weighted by Gasteiger charge is -2.09. The minimum atomic E-state index is -1.52. The monoisotopic (exact) mass is 258 g/mol. The van der Waals surface area contributed by atoms with Gasteiger partial charge in [0.2, 0.25) is 0 Å². The first-order valence-electron chi connectivity index (χ1n) is 5.04. The highest BCUT2D eigenvalue weighted by Gasteiger charge is 2.19. The predicted molar refractivity (Wildman–Crippen MR) is 64.1 cm³/mol. The van der Waals surface area contributed by atoms with Crippen LogP contribution in [0.2, 0.25) is 0 Å². The van der Waals surface area contributed by atoms with Gasteiger partial charge in [-0.15, -0.1) is 0 Å². The third kappa shape index (κ3) is 3.88. The Bertz CT molecular complexity index is 425. The van der Waals surface area contributed by atoms with E-state index in [1.54, 1.807) is 6.07 Å². The van der Waals surface area contributed by atoms with Crippen molar-refractivity contribution in [1.82, 2.24) is 0 Å². The maximum Gasteiger partial charge on any atom is 0.285 e. The van der Waals surface area contributed by atoms with Gasteiger partial charge in [-0.25, -0.2) is 0 Å². The fourth-order valence-electron chi connectivity index (χ4n) is 1.33. The molecule has 0 aliphatic heterocycles. The number of nitro benzene ring substituents is 1. The molecule has 6 nitrogen and oxygen atoms in total. The van der Waals surface area contributed by atoms with E-state index >= 15 is 0 Å². The van der Waals surface area contributed by atoms with Crippen molar-refractivity contribution in [1.29, 1.82) is 0 Å². The van der Waals surface area contributed by atoms with Crippen LogP contribution in [0.1, 0.15) is 6.42 Å². The lowest BCUT2D eigenvalue weighted by molar-refractivity contribution is -0.387. The van der Waals surface area contributed by atoms with Crippen molar-refractivity contribution in [2.75, 3.05) is 12.4 Å². The van der Waals surface area contributed by atoms with Crippen LogP contribution in [0.4, 0.5) is 5.69 Å². The molecule has 17 heavy (non-hydrogen) atoms. The molecule has 0 spiro atoms. The first-order chi connectivity index (χ1) is 8.06. The summed E-state index contributed by atoms with van der Waals surface area (Å²) in [5.41, 5.74) is 5.46. The van der Waals surface area contributed by atoms with E-state index in [9.17, 15) is 14.3 Å². The first-order valence-corrected chi connectivity index (χ1v) is 6.36. The van der Waals surface area contributed by atoms with Crippen LogP contribution in [0.5, 0.6) is 0 Å². The quantitative estimate of drug-likeness (QED) is 0.568. The maximum absolute atomic E-state index is 11.9. The summed E-state index contributed by atoms with van der Waals surface area (Å²) in [4.78, 5) is 10.3. The van der Waals surface area contributed by atoms with Gasteiger partial charge in [-0.1, -0.05) is 12.1 Å². The standard InChI is InChI=1S/C10H14N2O4S/c11-8(5-6-13)7-17(16)10-4-2-1-3-9(10)12(14)15/h1-4,8,13H,5-7,11H2. The number of nitro groups is 1. The molecule has 0 saturated heterocycles. The summed E-state index contributed by atoms with van der Waals surface area (Å²) in [5, 5.41) is 19.4. The van der Waals surface area contributed by atoms with E-state index in [0.717, 1.165) is 0 Å². The second-order valence-electron chi connectivity index (χ2n) is 3.51. The number of para-hydroxylation sites is 1. The number of rotatable bonds is 6. The Morgan fingerprint density at radius 3 is 2.71 bits per heavy atom. The Labute approximate surface area is 101 Å². The minimum Gasteiger partial charge on any atom is -0.396 e. The molecule has 0 saturated carbocycles. The summed E-state index contributed by atoms with van der Waals surface area (Å²) in [7, 11) is -1.52. The minimum absolute atomic E-state index is 0.0880. The Kier molecular flexibility index (Phi) is 5.20. The normalized spacial score (nSPS) is 14.2. The van der Waals surface area contributed by atoms with Gasteiger partial charge in [-0.3, -0.25) is 14.3 Å². The number of aliphatic hydroxyl groups excluding tert-OH is 1. The van der Waals surface area contributed by atoms with Gasteiger partial charge in [0.05, 0.1) is 15.7 Å². The zero-order chi connectivity index (χ0) is 12.8. The Hall–Kier alpha value is -1.31. The zero-order valence-electron chi connectivity index (χ0n) is 9.11. The van der Waals surface area contributed by atoms with Crippen molar-refractivity contribution in [2.45, 2.75) is 17.4 Å². The topological polar surface area (TPSA) is 106 Å². The summed E-state index contributed by atoms with van der Waals surface area (Å²) >= 11 is 0. The molecule has 7 heteroatoms. The van der Waals surface area contributed by atoms with Crippen molar-refractivity contribution in [3.05, 3.63) is 34.4 Å². The summed E-state index contributed by atoms with van der Waals surface area (Å²) in [6, 6.07) is 5.45. The predicted octanol–water partition coefficient (Wildman–Crippen LogP) is 0.412. The van der Waals surface area contributed by atoms with E-state index in [2.05, 4.69) is 0 Å². The fourth-order valence-corrected chi connectivity index (χ4v) is 2.68.